The van der Waals surface area contributed by atoms with Gasteiger partial charge in [-0.1, -0.05) is 11.8 Å². The third-order valence-electron chi connectivity index (χ3n) is 3.54. The van der Waals surface area contributed by atoms with Crippen LogP contribution in [-0.2, 0) is 16.6 Å². The first-order valence-electron chi connectivity index (χ1n) is 6.40. The van der Waals surface area contributed by atoms with Gasteiger partial charge in [-0.15, -0.1) is 16.9 Å². The van der Waals surface area contributed by atoms with Crippen LogP contribution in [0.25, 0.3) is 0 Å². The van der Waals surface area contributed by atoms with E-state index in [9.17, 15) is 19.8 Å². The number of aliphatic carboxylic acids is 1. The Kier molecular flexibility index (Phi) is 3.87. The lowest BCUT2D eigenvalue weighted by molar-refractivity contribution is -0.165. The second-order valence-electron chi connectivity index (χ2n) is 4.98. The third kappa shape index (κ3) is 2.29. The summed E-state index contributed by atoms with van der Waals surface area (Å²) in [7, 11) is 1.68. The van der Waals surface area contributed by atoms with Gasteiger partial charge in [-0.25, -0.2) is 9.48 Å². The van der Waals surface area contributed by atoms with Gasteiger partial charge in [-0.2, -0.15) is 0 Å². The van der Waals surface area contributed by atoms with Crippen LogP contribution in [-0.4, -0.2) is 64.7 Å². The number of tetrazole rings is 1. The number of aromatic nitrogens is 4. The van der Waals surface area contributed by atoms with Gasteiger partial charge >= 0.3 is 5.97 Å². The molecule has 1 amide bonds. The average Bonchev–Trinajstić information content (AvgIpc) is 2.97. The van der Waals surface area contributed by atoms with Crippen LogP contribution < -0.4 is 0 Å². The molecule has 2 N–H and O–H groups in total. The number of carbonyl (C=O) groups excluding carboxylic acids is 1. The molecule has 2 aliphatic rings. The Balaban J connectivity index is 1.84. The number of amides is 1. The van der Waals surface area contributed by atoms with Gasteiger partial charge in [0, 0.05) is 12.0 Å². The van der Waals surface area contributed by atoms with E-state index in [1.165, 1.54) is 40.0 Å². The van der Waals surface area contributed by atoms with Gasteiger partial charge in [0.25, 0.3) is 0 Å². The Morgan fingerprint density at radius 3 is 2.82 bits per heavy atom. The Morgan fingerprint density at radius 1 is 1.55 bits per heavy atom. The number of fused-ring (bicyclic) bond motifs is 1. The first-order valence-corrected chi connectivity index (χ1v) is 8.16. The number of hydrogen-bond donors (Lipinski definition) is 2. The van der Waals surface area contributed by atoms with E-state index in [1.54, 1.807) is 12.5 Å². The fourth-order valence-electron chi connectivity index (χ4n) is 2.46. The topological polar surface area (TPSA) is 121 Å². The predicted octanol–water partition coefficient (Wildman–Crippen LogP) is -0.491. The lowest BCUT2D eigenvalue weighted by atomic mass is 9.91. The number of β-lactam (4-membered cyclic amide) rings is 1. The van der Waals surface area contributed by atoms with Gasteiger partial charge in [0.2, 0.25) is 11.1 Å². The van der Waals surface area contributed by atoms with E-state index >= 15 is 0 Å². The molecule has 0 saturated carbocycles. The molecule has 9 nitrogen and oxygen atoms in total. The molecule has 0 radical (unpaired) electrons. The summed E-state index contributed by atoms with van der Waals surface area (Å²) < 4.78 is 1.47. The number of hydrogen-bond acceptors (Lipinski definition) is 8. The Bertz CT molecular complexity index is 661. The van der Waals surface area contributed by atoms with Gasteiger partial charge in [-0.3, -0.25) is 4.79 Å². The molecule has 1 aromatic rings. The smallest absolute Gasteiger partial charge is 0.331 e. The van der Waals surface area contributed by atoms with Gasteiger partial charge in [-0.05, 0) is 22.8 Å². The summed E-state index contributed by atoms with van der Waals surface area (Å²) in [5.74, 6) is -1.97. The van der Waals surface area contributed by atoms with Crippen molar-refractivity contribution in [2.24, 2.45) is 13.0 Å². The van der Waals surface area contributed by atoms with E-state index in [0.717, 1.165) is 0 Å². The summed E-state index contributed by atoms with van der Waals surface area (Å²) in [4.78, 5) is 25.4. The number of thioether (sulfide) groups is 2. The van der Waals surface area contributed by atoms with Crippen molar-refractivity contribution in [3.63, 3.8) is 0 Å². The largest absolute Gasteiger partial charge is 0.479 e. The van der Waals surface area contributed by atoms with Crippen LogP contribution in [0.1, 0.15) is 6.92 Å². The number of carbonyl (C=O) groups is 2. The summed E-state index contributed by atoms with van der Waals surface area (Å²) in [5, 5.41) is 31.9. The van der Waals surface area contributed by atoms with Crippen LogP contribution in [0.5, 0.6) is 0 Å². The summed E-state index contributed by atoms with van der Waals surface area (Å²) in [6.07, 6.45) is -0.800. The number of rotatable bonds is 4. The zero-order chi connectivity index (χ0) is 16.0. The summed E-state index contributed by atoms with van der Waals surface area (Å²) in [5.41, 5.74) is 0. The Labute approximate surface area is 133 Å². The SMILES string of the molecule is C[C@@H](O)[C@@H]1C(=O)N2C(C(=O)O)C(=CSc3nnnn3C)S[C@H]12. The van der Waals surface area contributed by atoms with Crippen molar-refractivity contribution >= 4 is 35.4 Å². The molecule has 2 aliphatic heterocycles. The molecule has 11 heteroatoms. The Hall–Kier alpha value is -1.59. The maximum Gasteiger partial charge on any atom is 0.331 e. The minimum Gasteiger partial charge on any atom is -0.479 e. The molecule has 22 heavy (non-hydrogen) atoms. The molecule has 0 aromatic carbocycles. The normalized spacial score (nSPS) is 30.3. The van der Waals surface area contributed by atoms with Crippen molar-refractivity contribution < 1.29 is 19.8 Å². The van der Waals surface area contributed by atoms with E-state index in [2.05, 4.69) is 15.5 Å². The summed E-state index contributed by atoms with van der Waals surface area (Å²) in [6, 6.07) is -1.01. The van der Waals surface area contributed by atoms with Crippen molar-refractivity contribution in [2.45, 2.75) is 29.6 Å². The first-order chi connectivity index (χ1) is 10.4. The van der Waals surface area contributed by atoms with E-state index in [-0.39, 0.29) is 11.3 Å². The van der Waals surface area contributed by atoms with Crippen LogP contribution in [0.4, 0.5) is 0 Å². The summed E-state index contributed by atoms with van der Waals surface area (Å²) >= 11 is 2.49. The quantitative estimate of drug-likeness (QED) is 0.551. The average molecular weight is 343 g/mol. The first kappa shape index (κ1) is 15.3. The van der Waals surface area contributed by atoms with Crippen LogP contribution in [0.2, 0.25) is 0 Å². The number of aliphatic hydroxyl groups excluding tert-OH is 1. The van der Waals surface area contributed by atoms with Crippen molar-refractivity contribution in [1.29, 1.82) is 0 Å². The number of carboxylic acids is 1. The highest BCUT2D eigenvalue weighted by atomic mass is 32.2. The molecule has 1 unspecified atom stereocenters. The number of aliphatic hydroxyl groups is 1. The molecule has 2 saturated heterocycles. The summed E-state index contributed by atoms with van der Waals surface area (Å²) in [6.45, 7) is 1.54. The number of aryl methyl sites for hydroxylation is 1. The molecule has 4 atom stereocenters. The van der Waals surface area contributed by atoms with Crippen LogP contribution in [0.15, 0.2) is 15.5 Å². The van der Waals surface area contributed by atoms with Gasteiger partial charge in [0.05, 0.1) is 17.4 Å². The predicted molar refractivity (Wildman–Crippen MR) is 77.6 cm³/mol. The monoisotopic (exact) mass is 343 g/mol. The highest BCUT2D eigenvalue weighted by molar-refractivity contribution is 8.06. The van der Waals surface area contributed by atoms with Gasteiger partial charge in [0.15, 0.2) is 6.04 Å². The van der Waals surface area contributed by atoms with Crippen molar-refractivity contribution in [3.05, 3.63) is 10.3 Å². The molecule has 0 bridgehead atoms. The molecule has 3 rings (SSSR count). The van der Waals surface area contributed by atoms with Crippen LogP contribution in [0.3, 0.4) is 0 Å². The van der Waals surface area contributed by atoms with E-state index in [4.69, 9.17) is 0 Å². The molecule has 2 fully saturated rings. The van der Waals surface area contributed by atoms with Crippen molar-refractivity contribution in [3.8, 4) is 0 Å². The molecular formula is C11H13N5O4S2. The minimum atomic E-state index is -1.09. The molecular weight excluding hydrogens is 330 g/mol. The standard InChI is InChI=1S/C11H13N5O4S2/c1-4(17)6-8(18)16-7(10(19)20)5(22-9(6)16)3-21-11-12-13-14-15(11)2/h3-4,6-7,9,17H,1-2H3,(H,19,20)/t4-,6-,7?,9-/m1/s1. The van der Waals surface area contributed by atoms with Crippen LogP contribution >= 0.6 is 23.5 Å². The molecule has 3 heterocycles. The van der Waals surface area contributed by atoms with Crippen molar-refractivity contribution in [2.75, 3.05) is 0 Å². The fourth-order valence-corrected chi connectivity index (χ4v) is 4.91. The fraction of sp³-hybridized carbons (Fsp3) is 0.545. The van der Waals surface area contributed by atoms with E-state index in [1.807, 2.05) is 0 Å². The zero-order valence-corrected chi connectivity index (χ0v) is 13.3. The second kappa shape index (κ2) is 5.56. The number of nitrogens with zero attached hydrogens (tertiary/aromatic N) is 5. The maximum atomic E-state index is 12.1. The second-order valence-corrected chi connectivity index (χ2v) is 7.01. The molecule has 118 valence electrons. The number of carboxylic acid groups (broad SMARTS) is 1. The zero-order valence-electron chi connectivity index (χ0n) is 11.7. The lowest BCUT2D eigenvalue weighted by Crippen LogP contribution is -2.63. The highest BCUT2D eigenvalue weighted by Crippen LogP contribution is 2.51. The van der Waals surface area contributed by atoms with Gasteiger partial charge in [0.1, 0.15) is 0 Å². The van der Waals surface area contributed by atoms with Crippen LogP contribution in [0, 0.1) is 5.92 Å². The molecule has 0 aliphatic carbocycles. The Morgan fingerprint density at radius 2 is 2.27 bits per heavy atom. The molecule has 1 aromatic heterocycles. The lowest BCUT2D eigenvalue weighted by Gasteiger charge is -2.44. The minimum absolute atomic E-state index is 0.325. The van der Waals surface area contributed by atoms with Gasteiger partial charge < -0.3 is 15.1 Å². The van der Waals surface area contributed by atoms with Crippen molar-refractivity contribution in [1.82, 2.24) is 25.1 Å². The third-order valence-corrected chi connectivity index (χ3v) is 5.99. The highest BCUT2D eigenvalue weighted by Gasteiger charge is 2.60. The maximum absolute atomic E-state index is 12.1. The molecule has 0 spiro atoms. The van der Waals surface area contributed by atoms with E-state index < -0.39 is 24.0 Å². The van der Waals surface area contributed by atoms with E-state index in [0.29, 0.717) is 10.1 Å².